The van der Waals surface area contributed by atoms with Crippen molar-refractivity contribution >= 4 is 39.1 Å². The highest BCUT2D eigenvalue weighted by Gasteiger charge is 2.35. The molecule has 0 saturated heterocycles. The number of hydrogen-bond donors (Lipinski definition) is 1. The van der Waals surface area contributed by atoms with Gasteiger partial charge in [-0.3, -0.25) is 13.9 Å². The Morgan fingerprint density at radius 3 is 2.19 bits per heavy atom. The third-order valence-electron chi connectivity index (χ3n) is 7.00. The Bertz CT molecular complexity index is 1660. The molecule has 4 rings (SSSR count). The van der Waals surface area contributed by atoms with Crippen LogP contribution in [0.5, 0.6) is 5.75 Å². The van der Waals surface area contributed by atoms with E-state index in [0.717, 1.165) is 15.4 Å². The number of ether oxygens (including phenoxy) is 1. The quantitative estimate of drug-likeness (QED) is 0.234. The fourth-order valence-corrected chi connectivity index (χ4v) is 6.38. The van der Waals surface area contributed by atoms with Crippen molar-refractivity contribution in [2.24, 2.45) is 0 Å². The summed E-state index contributed by atoms with van der Waals surface area (Å²) in [4.78, 5) is 29.1. The third-order valence-corrected chi connectivity index (χ3v) is 9.01. The molecule has 10 heteroatoms. The highest BCUT2D eigenvalue weighted by atomic mass is 35.5. The van der Waals surface area contributed by atoms with E-state index in [1.165, 1.54) is 31.2 Å². The van der Waals surface area contributed by atoms with Gasteiger partial charge in [0.25, 0.3) is 10.0 Å². The van der Waals surface area contributed by atoms with Crippen molar-refractivity contribution in [2.75, 3.05) is 25.0 Å². The van der Waals surface area contributed by atoms with E-state index in [9.17, 15) is 18.0 Å². The van der Waals surface area contributed by atoms with Gasteiger partial charge in [0.05, 0.1) is 17.7 Å². The fourth-order valence-electron chi connectivity index (χ4n) is 4.74. The van der Waals surface area contributed by atoms with E-state index in [1.807, 2.05) is 37.3 Å². The van der Waals surface area contributed by atoms with Crippen LogP contribution in [0.3, 0.4) is 0 Å². The molecule has 0 aliphatic heterocycles. The Morgan fingerprint density at radius 2 is 1.53 bits per heavy atom. The van der Waals surface area contributed by atoms with E-state index in [4.69, 9.17) is 16.3 Å². The van der Waals surface area contributed by atoms with E-state index in [2.05, 4.69) is 5.32 Å². The summed E-state index contributed by atoms with van der Waals surface area (Å²) in [6, 6.07) is 28.4. The van der Waals surface area contributed by atoms with E-state index >= 15 is 0 Å². The van der Waals surface area contributed by atoms with Crippen LogP contribution in [0.25, 0.3) is 0 Å². The first-order chi connectivity index (χ1) is 20.6. The van der Waals surface area contributed by atoms with Crippen molar-refractivity contribution in [1.29, 1.82) is 0 Å². The lowest BCUT2D eigenvalue weighted by Gasteiger charge is -2.34. The minimum Gasteiger partial charge on any atom is -0.495 e. The predicted octanol–water partition coefficient (Wildman–Crippen LogP) is 5.24. The van der Waals surface area contributed by atoms with Crippen LogP contribution in [-0.2, 0) is 32.6 Å². The number of sulfonamides is 1. The zero-order valence-electron chi connectivity index (χ0n) is 24.2. The number of para-hydroxylation sites is 2. The maximum Gasteiger partial charge on any atom is 0.264 e. The zero-order valence-corrected chi connectivity index (χ0v) is 25.8. The number of amides is 2. The number of methoxy groups -OCH3 is 1. The number of benzene rings is 4. The summed E-state index contributed by atoms with van der Waals surface area (Å²) >= 11 is 6.26. The second-order valence-corrected chi connectivity index (χ2v) is 12.3. The fraction of sp³-hybridized carbons (Fsp3) is 0.212. The van der Waals surface area contributed by atoms with E-state index in [-0.39, 0.29) is 35.2 Å². The van der Waals surface area contributed by atoms with Crippen LogP contribution in [-0.4, -0.2) is 51.9 Å². The second kappa shape index (κ2) is 14.2. The lowest BCUT2D eigenvalue weighted by Crippen LogP contribution is -2.53. The third kappa shape index (κ3) is 7.74. The maximum absolute atomic E-state index is 14.4. The molecule has 4 aromatic rings. The van der Waals surface area contributed by atoms with Crippen molar-refractivity contribution in [2.45, 2.75) is 30.8 Å². The van der Waals surface area contributed by atoms with Gasteiger partial charge >= 0.3 is 0 Å². The Hall–Kier alpha value is -4.34. The molecule has 0 unspecified atom stereocenters. The number of carbonyl (C=O) groups excluding carboxylic acids is 2. The van der Waals surface area contributed by atoms with Crippen LogP contribution in [0.15, 0.2) is 108 Å². The number of anilines is 1. The molecule has 0 aromatic heterocycles. The molecule has 0 aliphatic carbocycles. The number of hydrogen-bond acceptors (Lipinski definition) is 5. The minimum atomic E-state index is -4.24. The van der Waals surface area contributed by atoms with Gasteiger partial charge < -0.3 is 15.0 Å². The van der Waals surface area contributed by atoms with Gasteiger partial charge in [0.15, 0.2) is 0 Å². The number of halogens is 1. The van der Waals surface area contributed by atoms with Crippen LogP contribution in [0, 0.1) is 6.92 Å². The first-order valence-corrected chi connectivity index (χ1v) is 15.5. The zero-order chi connectivity index (χ0) is 31.0. The molecule has 0 radical (unpaired) electrons. The summed E-state index contributed by atoms with van der Waals surface area (Å²) in [5.41, 5.74) is 2.61. The summed E-state index contributed by atoms with van der Waals surface area (Å²) < 4.78 is 34.8. The lowest BCUT2D eigenvalue weighted by atomic mass is 10.0. The summed E-state index contributed by atoms with van der Waals surface area (Å²) in [5, 5.41) is 3.15. The Kier molecular flexibility index (Phi) is 10.4. The smallest absolute Gasteiger partial charge is 0.264 e. The highest BCUT2D eigenvalue weighted by molar-refractivity contribution is 7.92. The molecule has 0 fully saturated rings. The normalized spacial score (nSPS) is 11.8. The Labute approximate surface area is 257 Å². The van der Waals surface area contributed by atoms with Gasteiger partial charge in [-0.05, 0) is 54.4 Å². The minimum absolute atomic E-state index is 0.0188. The summed E-state index contributed by atoms with van der Waals surface area (Å²) in [7, 11) is -1.30. The van der Waals surface area contributed by atoms with Crippen LogP contribution >= 0.6 is 11.6 Å². The average Bonchev–Trinajstić information content (AvgIpc) is 3.01. The number of aryl methyl sites for hydroxylation is 1. The van der Waals surface area contributed by atoms with Gasteiger partial charge in [-0.15, -0.1) is 0 Å². The number of nitrogens with zero attached hydrogens (tertiary/aromatic N) is 2. The molecular formula is C33H34ClN3O5S. The molecule has 0 saturated carbocycles. The molecule has 2 amide bonds. The van der Waals surface area contributed by atoms with Crippen molar-refractivity contribution in [3.05, 3.63) is 125 Å². The first-order valence-electron chi connectivity index (χ1n) is 13.7. The van der Waals surface area contributed by atoms with Crippen LogP contribution in [0.2, 0.25) is 5.02 Å². The van der Waals surface area contributed by atoms with Crippen molar-refractivity contribution in [3.8, 4) is 5.75 Å². The molecular weight excluding hydrogens is 586 g/mol. The van der Waals surface area contributed by atoms with Crippen LogP contribution in [0.4, 0.5) is 5.69 Å². The topological polar surface area (TPSA) is 96.0 Å². The van der Waals surface area contributed by atoms with E-state index in [0.29, 0.717) is 10.6 Å². The van der Waals surface area contributed by atoms with Crippen LogP contribution in [0.1, 0.15) is 16.7 Å². The Morgan fingerprint density at radius 1 is 0.884 bits per heavy atom. The predicted molar refractivity (Wildman–Crippen MR) is 169 cm³/mol. The SMILES string of the molecule is CNC(=O)[C@@H](Cc1ccccc1)N(Cc1cccc(Cl)c1)C(=O)CN(c1ccccc1OC)S(=O)(=O)c1ccc(C)cc1. The second-order valence-electron chi connectivity index (χ2n) is 9.97. The van der Waals surface area contributed by atoms with Crippen molar-refractivity contribution in [3.63, 3.8) is 0 Å². The van der Waals surface area contributed by atoms with E-state index in [1.54, 1.807) is 60.7 Å². The van der Waals surface area contributed by atoms with Gasteiger partial charge in [-0.25, -0.2) is 8.42 Å². The Balaban J connectivity index is 1.81. The monoisotopic (exact) mass is 619 g/mol. The average molecular weight is 620 g/mol. The number of rotatable bonds is 12. The maximum atomic E-state index is 14.4. The van der Waals surface area contributed by atoms with Crippen molar-refractivity contribution in [1.82, 2.24) is 10.2 Å². The molecule has 0 bridgehead atoms. The highest BCUT2D eigenvalue weighted by Crippen LogP contribution is 2.33. The molecule has 0 spiro atoms. The molecule has 0 heterocycles. The number of nitrogens with one attached hydrogen (secondary N) is 1. The standard InChI is InChI=1S/C33H34ClN3O5S/c1-24-16-18-28(19-17-24)43(40,41)37(29-14-7-8-15-31(29)42-3)23-32(38)36(22-26-12-9-13-27(34)20-26)30(33(39)35-2)21-25-10-5-4-6-11-25/h4-20,30H,21-23H2,1-3H3,(H,35,39)/t30-/m1/s1. The summed E-state index contributed by atoms with van der Waals surface area (Å²) in [5.74, 6) is -0.685. The molecule has 8 nitrogen and oxygen atoms in total. The van der Waals surface area contributed by atoms with Gasteiger partial charge in [0, 0.05) is 25.0 Å². The molecule has 1 atom stereocenters. The largest absolute Gasteiger partial charge is 0.495 e. The van der Waals surface area contributed by atoms with Gasteiger partial charge in [0.1, 0.15) is 18.3 Å². The summed E-state index contributed by atoms with van der Waals surface area (Å²) in [6.07, 6.45) is 0.214. The van der Waals surface area contributed by atoms with Gasteiger partial charge in [-0.1, -0.05) is 83.9 Å². The molecule has 0 aliphatic rings. The molecule has 4 aromatic carbocycles. The van der Waals surface area contributed by atoms with Crippen LogP contribution < -0.4 is 14.4 Å². The molecule has 224 valence electrons. The lowest BCUT2D eigenvalue weighted by molar-refractivity contribution is -0.139. The van der Waals surface area contributed by atoms with Gasteiger partial charge in [0.2, 0.25) is 11.8 Å². The van der Waals surface area contributed by atoms with Crippen molar-refractivity contribution < 1.29 is 22.7 Å². The number of carbonyl (C=O) groups is 2. The van der Waals surface area contributed by atoms with E-state index < -0.39 is 28.5 Å². The molecule has 43 heavy (non-hydrogen) atoms. The molecule has 1 N–H and O–H groups in total. The number of likely N-dealkylation sites (N-methyl/N-ethyl adjacent to an activating group) is 1. The summed E-state index contributed by atoms with van der Waals surface area (Å²) in [6.45, 7) is 1.30. The first kappa shape index (κ1) is 31.6. The van der Waals surface area contributed by atoms with Gasteiger partial charge in [-0.2, -0.15) is 0 Å².